The average molecular weight is 185 g/mol. The number of rotatable bonds is 4. The number of nitrogens with two attached hydrogens (primary N) is 1. The normalized spacial score (nSPS) is 19.6. The number of hydrogen-bond donors (Lipinski definition) is 3. The monoisotopic (exact) mass is 185 g/mol. The number of carbonyl (C=O) groups is 1. The molecule has 5 nitrogen and oxygen atoms in total. The first-order valence-corrected chi connectivity index (χ1v) is 4.39. The van der Waals surface area contributed by atoms with E-state index in [0.29, 0.717) is 5.92 Å². The molecule has 0 heterocycles. The molecule has 1 aliphatic carbocycles. The van der Waals surface area contributed by atoms with Gasteiger partial charge in [0.25, 0.3) is 0 Å². The molecule has 0 aromatic heterocycles. The maximum atomic E-state index is 11.2. The smallest absolute Gasteiger partial charge is 0.227 e. The first-order valence-electron chi connectivity index (χ1n) is 4.39. The van der Waals surface area contributed by atoms with E-state index >= 15 is 0 Å². The first-order chi connectivity index (χ1) is 6.13. The van der Waals surface area contributed by atoms with Crippen LogP contribution >= 0.6 is 0 Å². The Morgan fingerprint density at radius 2 is 2.38 bits per heavy atom. The molecule has 5 heteroatoms. The predicted molar refractivity (Wildman–Crippen MR) is 48.4 cm³/mol. The van der Waals surface area contributed by atoms with Crippen molar-refractivity contribution in [2.45, 2.75) is 32.2 Å². The Kier molecular flexibility index (Phi) is 3.11. The summed E-state index contributed by atoms with van der Waals surface area (Å²) >= 11 is 0. The topological polar surface area (TPSA) is 87.7 Å². The molecule has 0 aromatic rings. The summed E-state index contributed by atoms with van der Waals surface area (Å²) in [6.45, 7) is 1.97. The van der Waals surface area contributed by atoms with Crippen molar-refractivity contribution < 1.29 is 10.0 Å². The van der Waals surface area contributed by atoms with Crippen LogP contribution in [0.3, 0.4) is 0 Å². The SMILES string of the molecule is CC(NC(=O)C/C(N)=N/O)C1CC1. The highest BCUT2D eigenvalue weighted by atomic mass is 16.4. The number of carbonyl (C=O) groups excluding carboxylic acids is 1. The fourth-order valence-corrected chi connectivity index (χ4v) is 1.22. The minimum Gasteiger partial charge on any atom is -0.409 e. The molecule has 0 radical (unpaired) electrons. The van der Waals surface area contributed by atoms with Crippen molar-refractivity contribution in [2.75, 3.05) is 0 Å². The molecule has 0 aliphatic heterocycles. The zero-order valence-electron chi connectivity index (χ0n) is 7.66. The second-order valence-corrected chi connectivity index (χ2v) is 3.46. The number of hydrogen-bond acceptors (Lipinski definition) is 3. The van der Waals surface area contributed by atoms with Crippen LogP contribution in [0, 0.1) is 5.92 Å². The van der Waals surface area contributed by atoms with Crippen LogP contribution < -0.4 is 11.1 Å². The number of amides is 1. The summed E-state index contributed by atoms with van der Waals surface area (Å²) < 4.78 is 0. The summed E-state index contributed by atoms with van der Waals surface area (Å²) in [6.07, 6.45) is 2.34. The molecule has 0 saturated heterocycles. The molecule has 1 unspecified atom stereocenters. The Hall–Kier alpha value is -1.26. The summed E-state index contributed by atoms with van der Waals surface area (Å²) in [5.41, 5.74) is 5.18. The molecular formula is C8H15N3O2. The fraction of sp³-hybridized carbons (Fsp3) is 0.750. The number of oxime groups is 1. The standard InChI is InChI=1S/C8H15N3O2/c1-5(6-2-3-6)10-8(12)4-7(9)11-13/h5-6,13H,2-4H2,1H3,(H2,9,11)(H,10,12). The van der Waals surface area contributed by atoms with Crippen LogP contribution in [0.2, 0.25) is 0 Å². The molecule has 1 saturated carbocycles. The summed E-state index contributed by atoms with van der Waals surface area (Å²) in [7, 11) is 0. The van der Waals surface area contributed by atoms with Gasteiger partial charge in [0, 0.05) is 6.04 Å². The lowest BCUT2D eigenvalue weighted by Crippen LogP contribution is -2.36. The molecule has 1 fully saturated rings. The lowest BCUT2D eigenvalue weighted by Gasteiger charge is -2.11. The van der Waals surface area contributed by atoms with Gasteiger partial charge in [-0.1, -0.05) is 5.16 Å². The second kappa shape index (κ2) is 4.11. The minimum atomic E-state index is -0.185. The molecule has 4 N–H and O–H groups in total. The van der Waals surface area contributed by atoms with Gasteiger partial charge in [-0.25, -0.2) is 0 Å². The van der Waals surface area contributed by atoms with Crippen LogP contribution in [0.5, 0.6) is 0 Å². The molecule has 1 aliphatic rings. The third-order valence-electron chi connectivity index (χ3n) is 2.19. The lowest BCUT2D eigenvalue weighted by molar-refractivity contribution is -0.120. The Labute approximate surface area is 77.0 Å². The van der Waals surface area contributed by atoms with Gasteiger partial charge in [-0.2, -0.15) is 0 Å². The molecule has 0 spiro atoms. The van der Waals surface area contributed by atoms with E-state index in [2.05, 4.69) is 10.5 Å². The Morgan fingerprint density at radius 1 is 1.77 bits per heavy atom. The third-order valence-corrected chi connectivity index (χ3v) is 2.19. The van der Waals surface area contributed by atoms with Gasteiger partial charge in [-0.3, -0.25) is 4.79 Å². The molecule has 1 atom stereocenters. The van der Waals surface area contributed by atoms with Gasteiger partial charge in [-0.05, 0) is 25.7 Å². The number of nitrogens with zero attached hydrogens (tertiary/aromatic N) is 1. The fourth-order valence-electron chi connectivity index (χ4n) is 1.22. The summed E-state index contributed by atoms with van der Waals surface area (Å²) in [4.78, 5) is 11.2. The van der Waals surface area contributed by atoms with E-state index in [4.69, 9.17) is 10.9 Å². The van der Waals surface area contributed by atoms with E-state index in [9.17, 15) is 4.79 Å². The molecule has 74 valence electrons. The van der Waals surface area contributed by atoms with Crippen LogP contribution in [0.1, 0.15) is 26.2 Å². The largest absolute Gasteiger partial charge is 0.409 e. The molecule has 0 bridgehead atoms. The lowest BCUT2D eigenvalue weighted by atomic mass is 10.2. The zero-order valence-corrected chi connectivity index (χ0v) is 7.66. The Bertz CT molecular complexity index is 223. The summed E-state index contributed by atoms with van der Waals surface area (Å²) in [5, 5.41) is 13.7. The first kappa shape index (κ1) is 9.83. The van der Waals surface area contributed by atoms with E-state index < -0.39 is 0 Å². The maximum Gasteiger partial charge on any atom is 0.227 e. The van der Waals surface area contributed by atoms with Crippen LogP contribution in [0.15, 0.2) is 5.16 Å². The van der Waals surface area contributed by atoms with Crippen LogP contribution in [0.4, 0.5) is 0 Å². The van der Waals surface area contributed by atoms with E-state index in [1.165, 1.54) is 12.8 Å². The van der Waals surface area contributed by atoms with E-state index in [-0.39, 0.29) is 24.2 Å². The predicted octanol–water partition coefficient (Wildman–Crippen LogP) is 0.0376. The summed E-state index contributed by atoms with van der Waals surface area (Å²) in [5.74, 6) is 0.381. The van der Waals surface area contributed by atoms with Gasteiger partial charge >= 0.3 is 0 Å². The molecule has 1 rings (SSSR count). The Balaban J connectivity index is 2.23. The molecule has 0 aromatic carbocycles. The van der Waals surface area contributed by atoms with Crippen molar-refractivity contribution >= 4 is 11.7 Å². The highest BCUT2D eigenvalue weighted by Crippen LogP contribution is 2.32. The van der Waals surface area contributed by atoms with Crippen molar-refractivity contribution in [3.8, 4) is 0 Å². The van der Waals surface area contributed by atoms with Crippen molar-refractivity contribution in [3.63, 3.8) is 0 Å². The van der Waals surface area contributed by atoms with Gasteiger partial charge in [0.15, 0.2) is 0 Å². The molecular weight excluding hydrogens is 170 g/mol. The summed E-state index contributed by atoms with van der Waals surface area (Å²) in [6, 6.07) is 0.207. The Morgan fingerprint density at radius 3 is 2.85 bits per heavy atom. The molecule has 1 amide bonds. The van der Waals surface area contributed by atoms with Crippen molar-refractivity contribution in [1.29, 1.82) is 0 Å². The molecule has 13 heavy (non-hydrogen) atoms. The van der Waals surface area contributed by atoms with Crippen LogP contribution in [0.25, 0.3) is 0 Å². The van der Waals surface area contributed by atoms with Crippen molar-refractivity contribution in [2.24, 2.45) is 16.8 Å². The van der Waals surface area contributed by atoms with Gasteiger partial charge in [0.1, 0.15) is 5.84 Å². The number of nitrogens with one attached hydrogen (secondary N) is 1. The van der Waals surface area contributed by atoms with Crippen LogP contribution in [-0.4, -0.2) is 23.0 Å². The highest BCUT2D eigenvalue weighted by Gasteiger charge is 2.28. The van der Waals surface area contributed by atoms with Crippen molar-refractivity contribution in [1.82, 2.24) is 5.32 Å². The zero-order chi connectivity index (χ0) is 9.84. The van der Waals surface area contributed by atoms with Crippen molar-refractivity contribution in [3.05, 3.63) is 0 Å². The maximum absolute atomic E-state index is 11.2. The van der Waals surface area contributed by atoms with E-state index in [0.717, 1.165) is 0 Å². The quantitative estimate of drug-likeness (QED) is 0.250. The van der Waals surface area contributed by atoms with Gasteiger partial charge < -0.3 is 16.3 Å². The van der Waals surface area contributed by atoms with Gasteiger partial charge in [0.2, 0.25) is 5.91 Å². The minimum absolute atomic E-state index is 0.0342. The van der Waals surface area contributed by atoms with Gasteiger partial charge in [-0.15, -0.1) is 0 Å². The second-order valence-electron chi connectivity index (χ2n) is 3.46. The third kappa shape index (κ3) is 3.31. The highest BCUT2D eigenvalue weighted by molar-refractivity contribution is 5.98. The number of amidine groups is 1. The van der Waals surface area contributed by atoms with Crippen LogP contribution in [-0.2, 0) is 4.79 Å². The van der Waals surface area contributed by atoms with E-state index in [1.807, 2.05) is 6.92 Å². The van der Waals surface area contributed by atoms with Gasteiger partial charge in [0.05, 0.1) is 6.42 Å². The van der Waals surface area contributed by atoms with E-state index in [1.54, 1.807) is 0 Å². The average Bonchev–Trinajstić information content (AvgIpc) is 2.85.